The average molecular weight is 130 g/mol. The van der Waals surface area contributed by atoms with Crippen molar-refractivity contribution in [1.29, 1.82) is 0 Å². The molecule has 0 aliphatic heterocycles. The molecule has 1 heteroatoms. The highest BCUT2D eigenvalue weighted by molar-refractivity contribution is 5.48. The van der Waals surface area contributed by atoms with Crippen LogP contribution in [0.15, 0.2) is 12.7 Å². The first kappa shape index (κ1) is 15.8. The number of carbonyl (C=O) groups excluding carboxylic acids is 1. The van der Waals surface area contributed by atoms with Crippen LogP contribution in [0.3, 0.4) is 0 Å². The van der Waals surface area contributed by atoms with Crippen molar-refractivity contribution in [1.82, 2.24) is 0 Å². The van der Waals surface area contributed by atoms with E-state index in [-0.39, 0.29) is 7.43 Å². The van der Waals surface area contributed by atoms with E-state index >= 15 is 0 Å². The normalized spacial score (nSPS) is 5.56. The minimum absolute atomic E-state index is 0. The Labute approximate surface area is 58.8 Å². The van der Waals surface area contributed by atoms with Crippen molar-refractivity contribution in [2.45, 2.75) is 34.1 Å². The number of hydrogen-bond acceptors (Lipinski definition) is 1. The average Bonchev–Trinajstić information content (AvgIpc) is 1.88. The van der Waals surface area contributed by atoms with Gasteiger partial charge in [-0.05, 0) is 6.42 Å². The maximum Gasteiger partial charge on any atom is 0.119 e. The van der Waals surface area contributed by atoms with Gasteiger partial charge in [0.2, 0.25) is 0 Å². The number of rotatable bonds is 2. The molecule has 0 aromatic rings. The first-order valence-electron chi connectivity index (χ1n) is 2.87. The molecule has 0 aliphatic carbocycles. The topological polar surface area (TPSA) is 17.1 Å². The summed E-state index contributed by atoms with van der Waals surface area (Å²) < 4.78 is 0. The van der Waals surface area contributed by atoms with Crippen LogP contribution in [0.4, 0.5) is 0 Å². The zero-order valence-corrected chi connectivity index (χ0v) is 5.68. The zero-order chi connectivity index (χ0) is 6.83. The fourth-order valence-electron chi connectivity index (χ4n) is 0. The predicted molar refractivity (Wildman–Crippen MR) is 43.6 cm³/mol. The van der Waals surface area contributed by atoms with E-state index in [1.807, 2.05) is 13.0 Å². The lowest BCUT2D eigenvalue weighted by Gasteiger charge is -1.57. The van der Waals surface area contributed by atoms with E-state index in [9.17, 15) is 4.79 Å². The predicted octanol–water partition coefficient (Wildman–Crippen LogP) is 2.81. The molecule has 9 heavy (non-hydrogen) atoms. The maximum atomic E-state index is 9.17. The van der Waals surface area contributed by atoms with Gasteiger partial charge in [0, 0.05) is 6.42 Å². The summed E-state index contributed by atoms with van der Waals surface area (Å²) in [6.07, 6.45) is 4.47. The van der Waals surface area contributed by atoms with Crippen molar-refractivity contribution in [3.05, 3.63) is 12.7 Å². The van der Waals surface area contributed by atoms with E-state index in [0.717, 1.165) is 12.7 Å². The standard InChI is InChI=1S/C4H8.C3H6O.CH4/c1-3-4-2;1-2-3-4;/h3H,1,4H2,2H3;3H,2H2,1H3;1H4. The number of carbonyl (C=O) groups is 1. The Bertz CT molecular complexity index is 40.5. The quantitative estimate of drug-likeness (QED) is 0.415. The molecule has 0 aromatic heterocycles. The van der Waals surface area contributed by atoms with Gasteiger partial charge in [0.15, 0.2) is 0 Å². The molecule has 56 valence electrons. The second kappa shape index (κ2) is 26.2. The Morgan fingerprint density at radius 2 is 1.56 bits per heavy atom. The van der Waals surface area contributed by atoms with E-state index in [1.165, 1.54) is 0 Å². The Balaban J connectivity index is -0.0000000720. The lowest BCUT2D eigenvalue weighted by atomic mass is 10.5. The Kier molecular flexibility index (Phi) is 45.9. The van der Waals surface area contributed by atoms with Gasteiger partial charge in [-0.25, -0.2) is 0 Å². The molecule has 0 N–H and O–H groups in total. The third-order valence-corrected chi connectivity index (χ3v) is 0.455. The molecular weight excluding hydrogens is 112 g/mol. The molecule has 0 aliphatic rings. The van der Waals surface area contributed by atoms with Crippen molar-refractivity contribution in [3.8, 4) is 0 Å². The van der Waals surface area contributed by atoms with Crippen molar-refractivity contribution in [2.75, 3.05) is 0 Å². The molecule has 0 amide bonds. The molecule has 0 fully saturated rings. The van der Waals surface area contributed by atoms with E-state index < -0.39 is 0 Å². The first-order valence-corrected chi connectivity index (χ1v) is 2.87. The van der Waals surface area contributed by atoms with Gasteiger partial charge in [0.25, 0.3) is 0 Å². The number of aldehydes is 1. The highest BCUT2D eigenvalue weighted by atomic mass is 16.1. The molecule has 0 bridgehead atoms. The van der Waals surface area contributed by atoms with Crippen LogP contribution < -0.4 is 0 Å². The summed E-state index contributed by atoms with van der Waals surface area (Å²) in [6.45, 7) is 7.35. The molecule has 0 heterocycles. The van der Waals surface area contributed by atoms with Gasteiger partial charge in [0.1, 0.15) is 6.29 Å². The summed E-state index contributed by atoms with van der Waals surface area (Å²) >= 11 is 0. The lowest BCUT2D eigenvalue weighted by molar-refractivity contribution is -0.107. The summed E-state index contributed by atoms with van der Waals surface area (Å²) in [5, 5.41) is 0. The first-order chi connectivity index (χ1) is 3.83. The maximum absolute atomic E-state index is 9.17. The third-order valence-electron chi connectivity index (χ3n) is 0.455. The second-order valence-electron chi connectivity index (χ2n) is 1.27. The van der Waals surface area contributed by atoms with Crippen LogP contribution in [-0.4, -0.2) is 6.29 Å². The number of allylic oxidation sites excluding steroid dienone is 1. The molecule has 0 saturated heterocycles. The molecular formula is C8H18O. The SMILES string of the molecule is C.C=CCC.CCC=O. The van der Waals surface area contributed by atoms with E-state index in [0.29, 0.717) is 6.42 Å². The third kappa shape index (κ3) is 109. The van der Waals surface area contributed by atoms with Crippen LogP contribution in [-0.2, 0) is 4.79 Å². The Morgan fingerprint density at radius 3 is 1.56 bits per heavy atom. The minimum Gasteiger partial charge on any atom is -0.303 e. The number of hydrogen-bond donors (Lipinski definition) is 0. The van der Waals surface area contributed by atoms with Gasteiger partial charge < -0.3 is 4.79 Å². The zero-order valence-electron chi connectivity index (χ0n) is 5.68. The van der Waals surface area contributed by atoms with Crippen molar-refractivity contribution in [2.24, 2.45) is 0 Å². The fraction of sp³-hybridized carbons (Fsp3) is 0.625. The molecule has 0 saturated carbocycles. The van der Waals surface area contributed by atoms with Crippen LogP contribution in [0.5, 0.6) is 0 Å². The van der Waals surface area contributed by atoms with Gasteiger partial charge in [-0.1, -0.05) is 27.4 Å². The summed E-state index contributed by atoms with van der Waals surface area (Å²) in [5.74, 6) is 0. The van der Waals surface area contributed by atoms with Crippen molar-refractivity contribution in [3.63, 3.8) is 0 Å². The fourth-order valence-corrected chi connectivity index (χ4v) is 0. The molecule has 0 radical (unpaired) electrons. The van der Waals surface area contributed by atoms with Crippen LogP contribution in [0, 0.1) is 0 Å². The largest absolute Gasteiger partial charge is 0.303 e. The Hall–Kier alpha value is -0.590. The highest BCUT2D eigenvalue weighted by Gasteiger charge is 1.52. The molecule has 1 nitrogen and oxygen atoms in total. The van der Waals surface area contributed by atoms with E-state index in [1.54, 1.807) is 0 Å². The smallest absolute Gasteiger partial charge is 0.119 e. The van der Waals surface area contributed by atoms with Crippen LogP contribution in [0.25, 0.3) is 0 Å². The van der Waals surface area contributed by atoms with E-state index in [2.05, 4.69) is 13.5 Å². The van der Waals surface area contributed by atoms with Crippen LogP contribution in [0.2, 0.25) is 0 Å². The summed E-state index contributed by atoms with van der Waals surface area (Å²) in [7, 11) is 0. The summed E-state index contributed by atoms with van der Waals surface area (Å²) in [6, 6.07) is 0. The molecule has 0 rings (SSSR count). The van der Waals surface area contributed by atoms with Gasteiger partial charge in [0.05, 0.1) is 0 Å². The van der Waals surface area contributed by atoms with Crippen molar-refractivity contribution < 1.29 is 4.79 Å². The molecule has 0 aromatic carbocycles. The van der Waals surface area contributed by atoms with Gasteiger partial charge in [-0.15, -0.1) is 6.58 Å². The molecule has 0 atom stereocenters. The monoisotopic (exact) mass is 130 g/mol. The lowest BCUT2D eigenvalue weighted by Crippen LogP contribution is -1.55. The minimum atomic E-state index is 0. The van der Waals surface area contributed by atoms with E-state index in [4.69, 9.17) is 0 Å². The summed E-state index contributed by atoms with van der Waals surface area (Å²) in [5.41, 5.74) is 0. The van der Waals surface area contributed by atoms with Gasteiger partial charge >= 0.3 is 0 Å². The van der Waals surface area contributed by atoms with Crippen LogP contribution in [0.1, 0.15) is 34.1 Å². The van der Waals surface area contributed by atoms with Gasteiger partial charge in [-0.2, -0.15) is 0 Å². The van der Waals surface area contributed by atoms with Crippen molar-refractivity contribution >= 4 is 6.29 Å². The summed E-state index contributed by atoms with van der Waals surface area (Å²) in [4.78, 5) is 9.17. The highest BCUT2D eigenvalue weighted by Crippen LogP contribution is 1.66. The van der Waals surface area contributed by atoms with Gasteiger partial charge in [-0.3, -0.25) is 0 Å². The molecule has 0 spiro atoms. The molecule has 0 unspecified atom stereocenters. The second-order valence-corrected chi connectivity index (χ2v) is 1.27. The Morgan fingerprint density at radius 1 is 1.33 bits per heavy atom. The van der Waals surface area contributed by atoms with Crippen LogP contribution >= 0.6 is 0 Å².